The first kappa shape index (κ1) is 17.8. The number of carbonyl (C=O) groups is 2. The van der Waals surface area contributed by atoms with Gasteiger partial charge in [0.05, 0.1) is 11.5 Å². The van der Waals surface area contributed by atoms with Gasteiger partial charge in [-0.25, -0.2) is 4.39 Å². The second-order valence-electron chi connectivity index (χ2n) is 6.59. The summed E-state index contributed by atoms with van der Waals surface area (Å²) in [5.41, 5.74) is 0.0723. The molecule has 0 saturated carbocycles. The van der Waals surface area contributed by atoms with E-state index in [0.29, 0.717) is 13.1 Å². The van der Waals surface area contributed by atoms with E-state index in [1.165, 1.54) is 12.1 Å². The van der Waals surface area contributed by atoms with Crippen molar-refractivity contribution in [2.24, 2.45) is 5.92 Å². The molecule has 2 N–H and O–H groups in total. The molecule has 0 aromatic heterocycles. The lowest BCUT2D eigenvalue weighted by molar-refractivity contribution is -0.136. The van der Waals surface area contributed by atoms with Gasteiger partial charge in [0, 0.05) is 45.8 Å². The number of amides is 2. The summed E-state index contributed by atoms with van der Waals surface area (Å²) >= 11 is 0. The normalized spacial score (nSPS) is 21.3. The van der Waals surface area contributed by atoms with Crippen LogP contribution in [0.4, 0.5) is 4.39 Å². The number of benzene rings is 1. The van der Waals surface area contributed by atoms with E-state index in [2.05, 4.69) is 15.5 Å². The fourth-order valence-corrected chi connectivity index (χ4v) is 3.38. The third-order valence-electron chi connectivity index (χ3n) is 4.93. The quantitative estimate of drug-likeness (QED) is 0.804. The Morgan fingerprint density at radius 1 is 1.20 bits per heavy atom. The molecule has 1 unspecified atom stereocenters. The van der Waals surface area contributed by atoms with Crippen LogP contribution >= 0.6 is 0 Å². The number of nitrogens with zero attached hydrogens (tertiary/aromatic N) is 2. The first-order valence-electron chi connectivity index (χ1n) is 8.90. The molecule has 2 amide bonds. The molecule has 136 valence electrons. The monoisotopic (exact) mass is 348 g/mol. The minimum Gasteiger partial charge on any atom is -0.351 e. The van der Waals surface area contributed by atoms with Crippen LogP contribution in [0.3, 0.4) is 0 Å². The molecule has 0 bridgehead atoms. The standard InChI is InChI=1S/C18H25FN4O2/c19-16-4-2-1-3-15(16)17(24)21-7-8-22-9-11-23(12-10-22)18(25)14-5-6-20-13-14/h1-4,14,20H,5-13H2,(H,21,24). The Labute approximate surface area is 147 Å². The zero-order valence-corrected chi connectivity index (χ0v) is 14.3. The molecule has 1 atom stereocenters. The SMILES string of the molecule is O=C(NCCN1CCN(C(=O)C2CCNC2)CC1)c1ccccc1F. The van der Waals surface area contributed by atoms with E-state index in [1.54, 1.807) is 12.1 Å². The van der Waals surface area contributed by atoms with Gasteiger partial charge in [-0.3, -0.25) is 14.5 Å². The van der Waals surface area contributed by atoms with Crippen LogP contribution in [0.25, 0.3) is 0 Å². The van der Waals surface area contributed by atoms with E-state index in [4.69, 9.17) is 0 Å². The molecular weight excluding hydrogens is 323 g/mol. The highest BCUT2D eigenvalue weighted by Gasteiger charge is 2.29. The summed E-state index contributed by atoms with van der Waals surface area (Å²) in [6, 6.07) is 5.97. The van der Waals surface area contributed by atoms with Gasteiger partial charge < -0.3 is 15.5 Å². The van der Waals surface area contributed by atoms with Crippen molar-refractivity contribution in [2.45, 2.75) is 6.42 Å². The Morgan fingerprint density at radius 3 is 2.64 bits per heavy atom. The fourth-order valence-electron chi connectivity index (χ4n) is 3.38. The number of halogens is 1. The molecule has 7 heteroatoms. The Bertz CT molecular complexity index is 611. The average Bonchev–Trinajstić information content (AvgIpc) is 3.16. The lowest BCUT2D eigenvalue weighted by atomic mass is 10.1. The summed E-state index contributed by atoms with van der Waals surface area (Å²) in [6.07, 6.45) is 0.932. The number of nitrogens with one attached hydrogen (secondary N) is 2. The molecule has 0 spiro atoms. The van der Waals surface area contributed by atoms with Gasteiger partial charge >= 0.3 is 0 Å². The first-order chi connectivity index (χ1) is 12.1. The Morgan fingerprint density at radius 2 is 1.96 bits per heavy atom. The third-order valence-corrected chi connectivity index (χ3v) is 4.93. The van der Waals surface area contributed by atoms with Gasteiger partial charge in [0.2, 0.25) is 5.91 Å². The van der Waals surface area contributed by atoms with Crippen molar-refractivity contribution in [1.29, 1.82) is 0 Å². The molecule has 2 aliphatic rings. The summed E-state index contributed by atoms with van der Waals surface area (Å²) in [6.45, 7) is 5.97. The highest BCUT2D eigenvalue weighted by molar-refractivity contribution is 5.94. The molecular formula is C18H25FN4O2. The van der Waals surface area contributed by atoms with Gasteiger partial charge in [0.1, 0.15) is 5.82 Å². The van der Waals surface area contributed by atoms with Crippen molar-refractivity contribution >= 4 is 11.8 Å². The van der Waals surface area contributed by atoms with Crippen LogP contribution in [0.15, 0.2) is 24.3 Å². The average molecular weight is 348 g/mol. The van der Waals surface area contributed by atoms with Crippen molar-refractivity contribution in [3.05, 3.63) is 35.6 Å². The number of carbonyl (C=O) groups excluding carboxylic acids is 2. The molecule has 0 radical (unpaired) electrons. The molecule has 2 fully saturated rings. The second-order valence-corrected chi connectivity index (χ2v) is 6.59. The smallest absolute Gasteiger partial charge is 0.254 e. The molecule has 1 aromatic carbocycles. The molecule has 6 nitrogen and oxygen atoms in total. The fraction of sp³-hybridized carbons (Fsp3) is 0.556. The van der Waals surface area contributed by atoms with Crippen LogP contribution in [-0.2, 0) is 4.79 Å². The Hall–Kier alpha value is -1.99. The van der Waals surface area contributed by atoms with Crippen LogP contribution in [-0.4, -0.2) is 74.0 Å². The van der Waals surface area contributed by atoms with E-state index in [0.717, 1.165) is 45.7 Å². The Balaban J connectivity index is 1.37. The van der Waals surface area contributed by atoms with Gasteiger partial charge in [-0.2, -0.15) is 0 Å². The minimum atomic E-state index is -0.506. The number of rotatable bonds is 5. The molecule has 3 rings (SSSR count). The molecule has 0 aliphatic carbocycles. The highest BCUT2D eigenvalue weighted by atomic mass is 19.1. The Kier molecular flexibility index (Phi) is 5.99. The predicted octanol–water partition coefficient (Wildman–Crippen LogP) is 0.309. The summed E-state index contributed by atoms with van der Waals surface area (Å²) < 4.78 is 13.6. The summed E-state index contributed by atoms with van der Waals surface area (Å²) in [4.78, 5) is 28.5. The molecule has 25 heavy (non-hydrogen) atoms. The van der Waals surface area contributed by atoms with Crippen LogP contribution in [0, 0.1) is 11.7 Å². The van der Waals surface area contributed by atoms with Gasteiger partial charge in [-0.1, -0.05) is 12.1 Å². The van der Waals surface area contributed by atoms with Crippen molar-refractivity contribution in [3.8, 4) is 0 Å². The third kappa shape index (κ3) is 4.55. The predicted molar refractivity (Wildman–Crippen MR) is 92.7 cm³/mol. The van der Waals surface area contributed by atoms with E-state index in [-0.39, 0.29) is 23.3 Å². The second kappa shape index (κ2) is 8.40. The maximum Gasteiger partial charge on any atom is 0.254 e. The summed E-state index contributed by atoms with van der Waals surface area (Å²) in [7, 11) is 0. The topological polar surface area (TPSA) is 64.7 Å². The number of piperazine rings is 1. The zero-order chi connectivity index (χ0) is 17.6. The van der Waals surface area contributed by atoms with Crippen LogP contribution < -0.4 is 10.6 Å². The van der Waals surface area contributed by atoms with Gasteiger partial charge in [0.15, 0.2) is 0 Å². The lowest BCUT2D eigenvalue weighted by Crippen LogP contribution is -2.51. The molecule has 2 heterocycles. The van der Waals surface area contributed by atoms with Crippen LogP contribution in [0.2, 0.25) is 0 Å². The summed E-state index contributed by atoms with van der Waals surface area (Å²) in [5, 5.41) is 5.99. The van der Waals surface area contributed by atoms with Crippen LogP contribution in [0.1, 0.15) is 16.8 Å². The van der Waals surface area contributed by atoms with E-state index in [1.807, 2.05) is 4.90 Å². The molecule has 2 aliphatic heterocycles. The first-order valence-corrected chi connectivity index (χ1v) is 8.90. The van der Waals surface area contributed by atoms with Crippen LogP contribution in [0.5, 0.6) is 0 Å². The van der Waals surface area contributed by atoms with Gasteiger partial charge in [0.25, 0.3) is 5.91 Å². The molecule has 1 aromatic rings. The number of hydrogen-bond acceptors (Lipinski definition) is 4. The largest absolute Gasteiger partial charge is 0.351 e. The van der Waals surface area contributed by atoms with Gasteiger partial charge in [-0.15, -0.1) is 0 Å². The highest BCUT2D eigenvalue weighted by Crippen LogP contribution is 2.13. The maximum absolute atomic E-state index is 13.6. The summed E-state index contributed by atoms with van der Waals surface area (Å²) in [5.74, 6) is -0.502. The number of hydrogen-bond donors (Lipinski definition) is 2. The van der Waals surface area contributed by atoms with E-state index < -0.39 is 5.82 Å². The van der Waals surface area contributed by atoms with Crippen molar-refractivity contribution in [1.82, 2.24) is 20.4 Å². The minimum absolute atomic E-state index is 0.0723. The van der Waals surface area contributed by atoms with Gasteiger partial charge in [-0.05, 0) is 25.1 Å². The van der Waals surface area contributed by atoms with E-state index >= 15 is 0 Å². The molecule has 2 saturated heterocycles. The zero-order valence-electron chi connectivity index (χ0n) is 14.3. The van der Waals surface area contributed by atoms with Crippen molar-refractivity contribution in [2.75, 3.05) is 52.4 Å². The van der Waals surface area contributed by atoms with Crippen molar-refractivity contribution < 1.29 is 14.0 Å². The van der Waals surface area contributed by atoms with Crippen molar-refractivity contribution in [3.63, 3.8) is 0 Å². The lowest BCUT2D eigenvalue weighted by Gasteiger charge is -2.35. The maximum atomic E-state index is 13.6. The van der Waals surface area contributed by atoms with E-state index in [9.17, 15) is 14.0 Å².